The smallest absolute Gasteiger partial charge is 0.305 e. The molecule has 0 saturated carbocycles. The van der Waals surface area contributed by atoms with Crippen LogP contribution in [0, 0.1) is 13.8 Å². The van der Waals surface area contributed by atoms with Crippen LogP contribution in [-0.2, 0) is 11.3 Å². The lowest BCUT2D eigenvalue weighted by Crippen LogP contribution is -2.07. The van der Waals surface area contributed by atoms with Gasteiger partial charge in [-0.25, -0.2) is 4.68 Å². The van der Waals surface area contributed by atoms with Gasteiger partial charge in [-0.15, -0.1) is 5.10 Å². The Morgan fingerprint density at radius 1 is 1.28 bits per heavy atom. The molecular formula is C12H14N4O2. The number of rotatable bonds is 4. The van der Waals surface area contributed by atoms with E-state index in [0.717, 1.165) is 16.7 Å². The summed E-state index contributed by atoms with van der Waals surface area (Å²) in [4.78, 5) is 10.6. The number of carboxylic acids is 1. The van der Waals surface area contributed by atoms with Crippen LogP contribution in [0.1, 0.15) is 17.5 Å². The van der Waals surface area contributed by atoms with Crippen molar-refractivity contribution < 1.29 is 9.90 Å². The molecule has 1 aromatic carbocycles. The van der Waals surface area contributed by atoms with Crippen molar-refractivity contribution in [2.24, 2.45) is 0 Å². The minimum Gasteiger partial charge on any atom is -0.481 e. The van der Waals surface area contributed by atoms with Crippen molar-refractivity contribution in [2.45, 2.75) is 26.8 Å². The van der Waals surface area contributed by atoms with Gasteiger partial charge in [0, 0.05) is 5.56 Å². The van der Waals surface area contributed by atoms with Crippen LogP contribution < -0.4 is 0 Å². The Morgan fingerprint density at radius 3 is 2.56 bits per heavy atom. The molecule has 0 bridgehead atoms. The highest BCUT2D eigenvalue weighted by atomic mass is 16.4. The number of nitrogens with zero attached hydrogens (tertiary/aromatic N) is 4. The van der Waals surface area contributed by atoms with Crippen molar-refractivity contribution in [1.82, 2.24) is 20.2 Å². The van der Waals surface area contributed by atoms with E-state index in [1.54, 1.807) is 0 Å². The lowest BCUT2D eigenvalue weighted by atomic mass is 10.1. The fourth-order valence-corrected chi connectivity index (χ4v) is 1.87. The molecule has 2 aromatic rings. The number of tetrazole rings is 1. The van der Waals surface area contributed by atoms with Gasteiger partial charge in [0.05, 0.1) is 13.0 Å². The second-order valence-corrected chi connectivity index (χ2v) is 4.25. The van der Waals surface area contributed by atoms with Crippen LogP contribution in [0.5, 0.6) is 0 Å². The summed E-state index contributed by atoms with van der Waals surface area (Å²) in [5.41, 5.74) is 3.15. The molecule has 0 fully saturated rings. The highest BCUT2D eigenvalue weighted by Gasteiger charge is 2.10. The lowest BCUT2D eigenvalue weighted by molar-refractivity contribution is -0.137. The summed E-state index contributed by atoms with van der Waals surface area (Å²) in [6, 6.07) is 6.03. The third-order valence-corrected chi connectivity index (χ3v) is 2.55. The summed E-state index contributed by atoms with van der Waals surface area (Å²) in [5.74, 6) is -0.264. The molecule has 0 radical (unpaired) electrons. The first-order valence-electron chi connectivity index (χ1n) is 5.63. The third kappa shape index (κ3) is 2.71. The van der Waals surface area contributed by atoms with Crippen molar-refractivity contribution in [3.8, 4) is 11.4 Å². The number of aromatic nitrogens is 4. The van der Waals surface area contributed by atoms with Gasteiger partial charge in [0.2, 0.25) is 0 Å². The molecule has 0 aliphatic rings. The molecule has 6 heteroatoms. The lowest BCUT2D eigenvalue weighted by Gasteiger charge is -2.05. The van der Waals surface area contributed by atoms with Gasteiger partial charge in [0.25, 0.3) is 0 Å². The quantitative estimate of drug-likeness (QED) is 0.882. The molecule has 1 heterocycles. The Balaban J connectivity index is 2.33. The first kappa shape index (κ1) is 12.2. The van der Waals surface area contributed by atoms with E-state index in [0.29, 0.717) is 5.82 Å². The Bertz CT molecular complexity index is 557. The Hall–Kier alpha value is -2.24. The predicted molar refractivity (Wildman–Crippen MR) is 65.0 cm³/mol. The minimum absolute atomic E-state index is 0.00282. The fourth-order valence-electron chi connectivity index (χ4n) is 1.87. The third-order valence-electron chi connectivity index (χ3n) is 2.55. The van der Waals surface area contributed by atoms with Crippen molar-refractivity contribution in [3.63, 3.8) is 0 Å². The first-order chi connectivity index (χ1) is 8.56. The van der Waals surface area contributed by atoms with Crippen molar-refractivity contribution in [1.29, 1.82) is 0 Å². The van der Waals surface area contributed by atoms with Crippen LogP contribution in [0.2, 0.25) is 0 Å². The maximum Gasteiger partial charge on any atom is 0.305 e. The SMILES string of the molecule is Cc1cc(C)cc(-c2nnnn2CCC(=O)O)c1. The molecule has 6 nitrogen and oxygen atoms in total. The van der Waals surface area contributed by atoms with E-state index in [1.165, 1.54) is 4.68 Å². The maximum atomic E-state index is 10.6. The molecule has 0 aliphatic carbocycles. The van der Waals surface area contributed by atoms with E-state index < -0.39 is 5.97 Å². The number of aryl methyl sites for hydroxylation is 3. The molecule has 94 valence electrons. The van der Waals surface area contributed by atoms with Gasteiger partial charge < -0.3 is 5.11 Å². The molecule has 0 amide bonds. The number of carboxylic acid groups (broad SMARTS) is 1. The second kappa shape index (κ2) is 4.95. The summed E-state index contributed by atoms with van der Waals surface area (Å²) in [6.07, 6.45) is 0.00282. The number of carbonyl (C=O) groups is 1. The highest BCUT2D eigenvalue weighted by Crippen LogP contribution is 2.19. The van der Waals surface area contributed by atoms with Crippen molar-refractivity contribution >= 4 is 5.97 Å². The number of hydrogen-bond acceptors (Lipinski definition) is 4. The standard InChI is InChI=1S/C12H14N4O2/c1-8-5-9(2)7-10(6-8)12-13-14-15-16(12)4-3-11(17)18/h5-7H,3-4H2,1-2H3,(H,17,18). The molecular weight excluding hydrogens is 232 g/mol. The normalized spacial score (nSPS) is 10.6. The van der Waals surface area contributed by atoms with Gasteiger partial charge in [0.1, 0.15) is 0 Å². The zero-order valence-corrected chi connectivity index (χ0v) is 10.3. The van der Waals surface area contributed by atoms with Gasteiger partial charge >= 0.3 is 5.97 Å². The zero-order chi connectivity index (χ0) is 13.1. The number of benzene rings is 1. The highest BCUT2D eigenvalue weighted by molar-refractivity contribution is 5.66. The minimum atomic E-state index is -0.864. The van der Waals surface area contributed by atoms with Crippen LogP contribution in [-0.4, -0.2) is 31.3 Å². The molecule has 1 aromatic heterocycles. The molecule has 0 aliphatic heterocycles. The number of aliphatic carboxylic acids is 1. The van der Waals surface area contributed by atoms with Crippen molar-refractivity contribution in [3.05, 3.63) is 29.3 Å². The summed E-state index contributed by atoms with van der Waals surface area (Å²) in [7, 11) is 0. The predicted octanol–water partition coefficient (Wildman–Crippen LogP) is 1.43. The second-order valence-electron chi connectivity index (χ2n) is 4.25. The molecule has 2 rings (SSSR count). The average Bonchev–Trinajstić information content (AvgIpc) is 2.72. The molecule has 0 saturated heterocycles. The number of hydrogen-bond donors (Lipinski definition) is 1. The van der Waals surface area contributed by atoms with E-state index in [-0.39, 0.29) is 13.0 Å². The van der Waals surface area contributed by atoms with Gasteiger partial charge in [-0.05, 0) is 36.4 Å². The Labute approximate surface area is 104 Å². The van der Waals surface area contributed by atoms with E-state index >= 15 is 0 Å². The molecule has 0 spiro atoms. The van der Waals surface area contributed by atoms with E-state index in [9.17, 15) is 4.79 Å². The molecule has 1 N–H and O–H groups in total. The molecule has 0 unspecified atom stereocenters. The van der Waals surface area contributed by atoms with Crippen LogP contribution in [0.3, 0.4) is 0 Å². The van der Waals surface area contributed by atoms with E-state index in [4.69, 9.17) is 5.11 Å². The summed E-state index contributed by atoms with van der Waals surface area (Å²) < 4.78 is 1.52. The molecule has 0 atom stereocenters. The van der Waals surface area contributed by atoms with Gasteiger partial charge in [-0.3, -0.25) is 4.79 Å². The summed E-state index contributed by atoms with van der Waals surface area (Å²) in [6.45, 7) is 4.27. The largest absolute Gasteiger partial charge is 0.481 e. The Morgan fingerprint density at radius 2 is 1.94 bits per heavy atom. The summed E-state index contributed by atoms with van der Waals surface area (Å²) in [5, 5.41) is 20.1. The topological polar surface area (TPSA) is 80.9 Å². The zero-order valence-electron chi connectivity index (χ0n) is 10.3. The summed E-state index contributed by atoms with van der Waals surface area (Å²) >= 11 is 0. The molecule has 18 heavy (non-hydrogen) atoms. The van der Waals surface area contributed by atoms with Crippen LogP contribution in [0.25, 0.3) is 11.4 Å². The Kier molecular flexibility index (Phi) is 3.36. The average molecular weight is 246 g/mol. The van der Waals surface area contributed by atoms with Crippen LogP contribution >= 0.6 is 0 Å². The van der Waals surface area contributed by atoms with Crippen molar-refractivity contribution in [2.75, 3.05) is 0 Å². The first-order valence-corrected chi connectivity index (χ1v) is 5.63. The van der Waals surface area contributed by atoms with E-state index in [1.807, 2.05) is 26.0 Å². The van der Waals surface area contributed by atoms with Crippen LogP contribution in [0.4, 0.5) is 0 Å². The fraction of sp³-hybridized carbons (Fsp3) is 0.333. The van der Waals surface area contributed by atoms with Crippen LogP contribution in [0.15, 0.2) is 18.2 Å². The van der Waals surface area contributed by atoms with Gasteiger partial charge in [-0.2, -0.15) is 0 Å². The monoisotopic (exact) mass is 246 g/mol. The van der Waals surface area contributed by atoms with Gasteiger partial charge in [-0.1, -0.05) is 17.2 Å². The van der Waals surface area contributed by atoms with E-state index in [2.05, 4.69) is 21.6 Å². The van der Waals surface area contributed by atoms with Gasteiger partial charge in [0.15, 0.2) is 5.82 Å². The maximum absolute atomic E-state index is 10.6.